The summed E-state index contributed by atoms with van der Waals surface area (Å²) in [6.07, 6.45) is 0. The fourth-order valence-corrected chi connectivity index (χ4v) is 0.430. The molecule has 0 fully saturated rings. The molecule has 0 amide bonds. The van der Waals surface area contributed by atoms with Crippen molar-refractivity contribution in [2.45, 2.75) is 6.92 Å². The summed E-state index contributed by atoms with van der Waals surface area (Å²) >= 11 is 0. The number of Topliss-reactive ketones (excluding diaryl/α,β-unsaturated/α-hetero) is 1. The van der Waals surface area contributed by atoms with Gasteiger partial charge in [0, 0.05) is 7.11 Å². The first-order valence-corrected chi connectivity index (χ1v) is 3.44. The minimum Gasteiger partial charge on any atom is -0.382 e. The lowest BCUT2D eigenvalue weighted by atomic mass is 10.2. The maximum Gasteiger partial charge on any atom is 0.183 e. The second kappa shape index (κ2) is 6.07. The Labute approximate surface area is 67.0 Å². The molecule has 0 spiro atoms. The van der Waals surface area contributed by atoms with Crippen molar-refractivity contribution in [3.8, 4) is 0 Å². The first kappa shape index (κ1) is 10.3. The zero-order valence-corrected chi connectivity index (χ0v) is 7.05. The van der Waals surface area contributed by atoms with Gasteiger partial charge in [-0.05, 0) is 12.5 Å². The van der Waals surface area contributed by atoms with Gasteiger partial charge in [0.15, 0.2) is 5.78 Å². The molecule has 0 N–H and O–H groups in total. The quantitative estimate of drug-likeness (QED) is 0.423. The van der Waals surface area contributed by atoms with E-state index in [1.54, 1.807) is 14.0 Å². The lowest BCUT2D eigenvalue weighted by Crippen LogP contribution is -2.11. The van der Waals surface area contributed by atoms with Crippen molar-refractivity contribution in [3.63, 3.8) is 0 Å². The Morgan fingerprint density at radius 3 is 2.55 bits per heavy atom. The standard InChI is InChI=1S/C8H14O3/c1-7(2)8(9)6-11-5-4-10-3/h1,4-6H2,2-3H3. The summed E-state index contributed by atoms with van der Waals surface area (Å²) in [5.74, 6) is -0.0545. The van der Waals surface area contributed by atoms with E-state index in [-0.39, 0.29) is 12.4 Å². The molecule has 0 aromatic heterocycles. The summed E-state index contributed by atoms with van der Waals surface area (Å²) in [4.78, 5) is 10.8. The lowest BCUT2D eigenvalue weighted by Gasteiger charge is -2.01. The van der Waals surface area contributed by atoms with E-state index in [0.717, 1.165) is 0 Å². The molecule has 0 saturated heterocycles. The highest BCUT2D eigenvalue weighted by Crippen LogP contribution is 1.90. The van der Waals surface area contributed by atoms with Crippen molar-refractivity contribution >= 4 is 5.78 Å². The van der Waals surface area contributed by atoms with E-state index in [1.807, 2.05) is 0 Å². The molecule has 0 atom stereocenters. The highest BCUT2D eigenvalue weighted by molar-refractivity contribution is 5.95. The zero-order valence-electron chi connectivity index (χ0n) is 7.05. The highest BCUT2D eigenvalue weighted by Gasteiger charge is 2.00. The maximum absolute atomic E-state index is 10.8. The molecule has 0 radical (unpaired) electrons. The molecule has 64 valence electrons. The van der Waals surface area contributed by atoms with Gasteiger partial charge in [0.25, 0.3) is 0 Å². The van der Waals surface area contributed by atoms with Crippen LogP contribution in [0.5, 0.6) is 0 Å². The molecule has 0 aromatic carbocycles. The van der Waals surface area contributed by atoms with Crippen molar-refractivity contribution < 1.29 is 14.3 Å². The van der Waals surface area contributed by atoms with E-state index in [9.17, 15) is 4.79 Å². The van der Waals surface area contributed by atoms with Gasteiger partial charge in [-0.1, -0.05) is 6.58 Å². The summed E-state index contributed by atoms with van der Waals surface area (Å²) in [5, 5.41) is 0. The molecular formula is C8H14O3. The minimum absolute atomic E-state index is 0.0545. The molecule has 0 aliphatic carbocycles. The number of carbonyl (C=O) groups is 1. The molecule has 3 heteroatoms. The van der Waals surface area contributed by atoms with Crippen molar-refractivity contribution in [1.29, 1.82) is 0 Å². The Kier molecular flexibility index (Phi) is 5.70. The van der Waals surface area contributed by atoms with Crippen molar-refractivity contribution in [1.82, 2.24) is 0 Å². The van der Waals surface area contributed by atoms with Crippen LogP contribution in [0.25, 0.3) is 0 Å². The van der Waals surface area contributed by atoms with Gasteiger partial charge in [-0.25, -0.2) is 0 Å². The van der Waals surface area contributed by atoms with E-state index in [0.29, 0.717) is 18.8 Å². The van der Waals surface area contributed by atoms with E-state index in [2.05, 4.69) is 6.58 Å². The predicted octanol–water partition coefficient (Wildman–Crippen LogP) is 0.795. The number of methoxy groups -OCH3 is 1. The molecule has 0 rings (SSSR count). The zero-order chi connectivity index (χ0) is 8.69. The SMILES string of the molecule is C=C(C)C(=O)COCCOC. The van der Waals surface area contributed by atoms with Crippen LogP contribution in [0.4, 0.5) is 0 Å². The van der Waals surface area contributed by atoms with Crippen LogP contribution in [0.15, 0.2) is 12.2 Å². The van der Waals surface area contributed by atoms with E-state index < -0.39 is 0 Å². The Hall–Kier alpha value is -0.670. The summed E-state index contributed by atoms with van der Waals surface area (Å²) in [6, 6.07) is 0. The van der Waals surface area contributed by atoms with Gasteiger partial charge >= 0.3 is 0 Å². The Bertz CT molecular complexity index is 140. The van der Waals surface area contributed by atoms with Crippen molar-refractivity contribution in [2.24, 2.45) is 0 Å². The molecule has 3 nitrogen and oxygen atoms in total. The molecule has 0 saturated carbocycles. The van der Waals surface area contributed by atoms with Crippen LogP contribution < -0.4 is 0 Å². The number of ketones is 1. The number of rotatable bonds is 6. The van der Waals surface area contributed by atoms with Crippen LogP contribution in [0.3, 0.4) is 0 Å². The number of carbonyl (C=O) groups excluding carboxylic acids is 1. The average Bonchev–Trinajstić information content (AvgIpc) is 1.97. The third-order valence-corrected chi connectivity index (χ3v) is 1.14. The van der Waals surface area contributed by atoms with E-state index in [1.165, 1.54) is 0 Å². The smallest absolute Gasteiger partial charge is 0.183 e. The average molecular weight is 158 g/mol. The second-order valence-electron chi connectivity index (χ2n) is 2.25. The van der Waals surface area contributed by atoms with Gasteiger partial charge in [-0.15, -0.1) is 0 Å². The molecule has 0 bridgehead atoms. The van der Waals surface area contributed by atoms with E-state index in [4.69, 9.17) is 9.47 Å². The summed E-state index contributed by atoms with van der Waals surface area (Å²) in [7, 11) is 1.59. The fourth-order valence-electron chi connectivity index (χ4n) is 0.430. The second-order valence-corrected chi connectivity index (χ2v) is 2.25. The Morgan fingerprint density at radius 2 is 2.09 bits per heavy atom. The predicted molar refractivity (Wildman–Crippen MR) is 42.5 cm³/mol. The molecule has 0 heterocycles. The van der Waals surface area contributed by atoms with Crippen molar-refractivity contribution in [2.75, 3.05) is 26.9 Å². The molecule has 0 unspecified atom stereocenters. The lowest BCUT2D eigenvalue weighted by molar-refractivity contribution is -0.120. The molecule has 0 aliphatic heterocycles. The van der Waals surface area contributed by atoms with Crippen LogP contribution in [0.2, 0.25) is 0 Å². The first-order chi connectivity index (χ1) is 5.18. The van der Waals surface area contributed by atoms with Gasteiger partial charge in [0.2, 0.25) is 0 Å². The molecule has 0 aliphatic rings. The van der Waals surface area contributed by atoms with Gasteiger partial charge < -0.3 is 9.47 Å². The topological polar surface area (TPSA) is 35.5 Å². The summed E-state index contributed by atoms with van der Waals surface area (Å²) in [5.41, 5.74) is 0.530. The van der Waals surface area contributed by atoms with Gasteiger partial charge in [-0.2, -0.15) is 0 Å². The molecule has 11 heavy (non-hydrogen) atoms. The van der Waals surface area contributed by atoms with Gasteiger partial charge in [-0.3, -0.25) is 4.79 Å². The van der Waals surface area contributed by atoms with Crippen LogP contribution in [-0.4, -0.2) is 32.7 Å². The third kappa shape index (κ3) is 5.76. The number of hydrogen-bond acceptors (Lipinski definition) is 3. The summed E-state index contributed by atoms with van der Waals surface area (Å²) < 4.78 is 9.69. The number of ether oxygens (including phenoxy) is 2. The largest absolute Gasteiger partial charge is 0.382 e. The number of hydrogen-bond donors (Lipinski definition) is 0. The molecule has 0 aromatic rings. The Balaban J connectivity index is 3.25. The maximum atomic E-state index is 10.8. The van der Waals surface area contributed by atoms with Gasteiger partial charge in [0.1, 0.15) is 6.61 Å². The van der Waals surface area contributed by atoms with Crippen LogP contribution in [0, 0.1) is 0 Å². The fraction of sp³-hybridized carbons (Fsp3) is 0.625. The monoisotopic (exact) mass is 158 g/mol. The van der Waals surface area contributed by atoms with Crippen LogP contribution >= 0.6 is 0 Å². The van der Waals surface area contributed by atoms with E-state index >= 15 is 0 Å². The van der Waals surface area contributed by atoms with Crippen molar-refractivity contribution in [3.05, 3.63) is 12.2 Å². The Morgan fingerprint density at radius 1 is 1.45 bits per heavy atom. The third-order valence-electron chi connectivity index (χ3n) is 1.14. The minimum atomic E-state index is -0.0545. The van der Waals surface area contributed by atoms with Crippen LogP contribution in [0.1, 0.15) is 6.92 Å². The normalized spacial score (nSPS) is 9.64. The first-order valence-electron chi connectivity index (χ1n) is 3.44. The van der Waals surface area contributed by atoms with Crippen LogP contribution in [-0.2, 0) is 14.3 Å². The van der Waals surface area contributed by atoms with Gasteiger partial charge in [0.05, 0.1) is 13.2 Å². The highest BCUT2D eigenvalue weighted by atomic mass is 16.5. The summed E-state index contributed by atoms with van der Waals surface area (Å²) in [6.45, 7) is 6.24. The molecular weight excluding hydrogens is 144 g/mol.